The van der Waals surface area contributed by atoms with Crippen LogP contribution < -0.4 is 32.0 Å². The summed E-state index contributed by atoms with van der Waals surface area (Å²) in [6.45, 7) is 1.23. The number of aromatic hydroxyl groups is 1. The number of carbonyl (C=O) groups excluding carboxylic acids is 4. The third kappa shape index (κ3) is 12.2. The largest absolute Gasteiger partial charge is 0.508 e. The van der Waals surface area contributed by atoms with Crippen molar-refractivity contribution in [1.82, 2.24) is 21.3 Å². The maximum atomic E-state index is 12.8. The number of hydrogen-bond acceptors (Lipinski definition) is 10. The van der Waals surface area contributed by atoms with Gasteiger partial charge in [0.25, 0.3) is 0 Å². The fraction of sp³-hybridized carbons (Fsp3) is 0.442. The highest BCUT2D eigenvalue weighted by Gasteiger charge is 2.42. The van der Waals surface area contributed by atoms with Crippen molar-refractivity contribution in [2.45, 2.75) is 88.0 Å². The number of fused-ring (bicyclic) bond motifs is 3. The van der Waals surface area contributed by atoms with Gasteiger partial charge in [-0.1, -0.05) is 18.9 Å². The second kappa shape index (κ2) is 21.2. The third-order valence-corrected chi connectivity index (χ3v) is 13.0. The maximum Gasteiger partial charge on any atom is 0.336 e. The van der Waals surface area contributed by atoms with Crippen molar-refractivity contribution in [1.29, 1.82) is 0 Å². The summed E-state index contributed by atoms with van der Waals surface area (Å²) < 4.78 is 5.88. The summed E-state index contributed by atoms with van der Waals surface area (Å²) in [6.07, 6.45) is 8.48. The second-order valence-corrected chi connectivity index (χ2v) is 17.3. The standard InChI is InChI=1S/C43H51N5O9S2/c49-27-13-16-30-34(22-27)57-35-23-28(50)14-17-31(35)40(30)29-15-12-26(21-32(29)42(54)55)46-38(52)11-3-1-8-20-58-25-39(53)45-19-7-2-6-18-44-37(51)10-5-4-9-36-41-33(24-59-36)47-43(56)48-41/h12-17,21-23,33,36,41,49H,1-11,18-20,24-25H2,(H,44,51)(H,45,53)(H,46,52)(H,54,55)(H2,47,48,56)/t33-,36-,41-/m0/s1. The van der Waals surface area contributed by atoms with Crippen molar-refractivity contribution in [3.8, 4) is 28.2 Å². The van der Waals surface area contributed by atoms with Gasteiger partial charge in [-0.05, 0) is 92.7 Å². The Hall–Kier alpha value is -5.22. The number of aromatic carboxylic acids is 1. The Morgan fingerprint density at radius 3 is 2.36 bits per heavy atom. The van der Waals surface area contributed by atoms with Gasteiger partial charge in [-0.3, -0.25) is 19.2 Å². The third-order valence-electron chi connectivity index (χ3n) is 10.5. The van der Waals surface area contributed by atoms with Gasteiger partial charge in [-0.25, -0.2) is 9.59 Å². The number of urea groups is 1. The minimum atomic E-state index is -1.20. The zero-order valence-electron chi connectivity index (χ0n) is 32.8. The fourth-order valence-corrected chi connectivity index (χ4v) is 9.90. The van der Waals surface area contributed by atoms with Gasteiger partial charge in [-0.2, -0.15) is 23.5 Å². The number of carboxylic acid groups (broad SMARTS) is 1. The molecule has 5 amide bonds. The number of hydrogen-bond donors (Lipinski definition) is 7. The minimum absolute atomic E-state index is 0.00735. The van der Waals surface area contributed by atoms with E-state index in [2.05, 4.69) is 26.6 Å². The van der Waals surface area contributed by atoms with Crippen LogP contribution in [-0.2, 0) is 14.4 Å². The molecule has 2 aromatic carbocycles. The molecule has 0 radical (unpaired) electrons. The predicted molar refractivity (Wildman–Crippen MR) is 231 cm³/mol. The van der Waals surface area contributed by atoms with Gasteiger partial charge in [0.1, 0.15) is 17.1 Å². The minimum Gasteiger partial charge on any atom is -0.508 e. The Labute approximate surface area is 350 Å². The van der Waals surface area contributed by atoms with Crippen LogP contribution in [0.2, 0.25) is 0 Å². The lowest BCUT2D eigenvalue weighted by Gasteiger charge is -2.17. The highest BCUT2D eigenvalue weighted by atomic mass is 32.2. The molecule has 2 saturated heterocycles. The van der Waals surface area contributed by atoms with Crippen LogP contribution >= 0.6 is 23.5 Å². The fourth-order valence-electron chi connectivity index (χ4n) is 7.52. The molecule has 0 bridgehead atoms. The molecule has 314 valence electrons. The SMILES string of the molecule is O=C(CCCC[C@@H]1SC[C@@H]2NC(=O)N[C@@H]21)NCCCCCNC(=O)CSCCCCCC(=O)Nc1ccc(-c2c3ccc(=O)cc-3oc3cc(O)ccc23)c(C(=O)O)c1. The highest BCUT2D eigenvalue weighted by molar-refractivity contribution is 8.00. The Kier molecular flexibility index (Phi) is 15.6. The monoisotopic (exact) mass is 845 g/mol. The Balaban J connectivity index is 0.806. The molecule has 3 atom stereocenters. The van der Waals surface area contributed by atoms with Gasteiger partial charge in [0.05, 0.1) is 23.4 Å². The van der Waals surface area contributed by atoms with Crippen LogP contribution in [0.5, 0.6) is 5.75 Å². The Bertz CT molecular complexity index is 2180. The number of thioether (sulfide) groups is 2. The van der Waals surface area contributed by atoms with E-state index in [4.69, 9.17) is 4.42 Å². The molecule has 3 aliphatic heterocycles. The lowest BCUT2D eigenvalue weighted by atomic mass is 9.90. The molecule has 1 aliphatic carbocycles. The average Bonchev–Trinajstić information content (AvgIpc) is 3.76. The molecule has 2 fully saturated rings. The first kappa shape index (κ1) is 43.4. The van der Waals surface area contributed by atoms with Gasteiger partial charge in [0.2, 0.25) is 17.7 Å². The smallest absolute Gasteiger partial charge is 0.336 e. The molecule has 0 spiro atoms. The van der Waals surface area contributed by atoms with E-state index in [-0.39, 0.29) is 70.3 Å². The number of unbranched alkanes of at least 4 members (excludes halogenated alkanes) is 5. The van der Waals surface area contributed by atoms with E-state index >= 15 is 0 Å². The molecule has 4 aliphatic rings. The summed E-state index contributed by atoms with van der Waals surface area (Å²) in [4.78, 5) is 73.3. The van der Waals surface area contributed by atoms with E-state index in [0.717, 1.165) is 62.9 Å². The number of amides is 5. The van der Waals surface area contributed by atoms with Crippen LogP contribution in [-0.4, -0.2) is 87.6 Å². The van der Waals surface area contributed by atoms with Crippen LogP contribution in [0.1, 0.15) is 81.0 Å². The first-order valence-corrected chi connectivity index (χ1v) is 22.4. The van der Waals surface area contributed by atoms with E-state index in [1.54, 1.807) is 36.0 Å². The molecular formula is C43H51N5O9S2. The van der Waals surface area contributed by atoms with Gasteiger partial charge < -0.3 is 41.2 Å². The lowest BCUT2D eigenvalue weighted by Crippen LogP contribution is -2.36. The van der Waals surface area contributed by atoms with Gasteiger partial charge in [-0.15, -0.1) is 0 Å². The molecule has 0 unspecified atom stereocenters. The van der Waals surface area contributed by atoms with Crippen molar-refractivity contribution in [2.24, 2.45) is 0 Å². The van der Waals surface area contributed by atoms with E-state index < -0.39 is 5.97 Å². The quantitative estimate of drug-likeness (QED) is 0.0264. The summed E-state index contributed by atoms with van der Waals surface area (Å²) in [7, 11) is 0. The zero-order valence-corrected chi connectivity index (χ0v) is 34.4. The molecule has 0 aromatic heterocycles. The number of nitrogens with one attached hydrogen (secondary N) is 5. The molecule has 16 heteroatoms. The maximum absolute atomic E-state index is 12.8. The van der Waals surface area contributed by atoms with E-state index in [0.29, 0.717) is 64.7 Å². The van der Waals surface area contributed by atoms with Crippen molar-refractivity contribution < 1.29 is 38.6 Å². The summed E-state index contributed by atoms with van der Waals surface area (Å²) in [5.41, 5.74) is 1.72. The highest BCUT2D eigenvalue weighted by Crippen LogP contribution is 2.42. The number of phenolic OH excluding ortho intramolecular Hbond substituents is 1. The van der Waals surface area contributed by atoms with Crippen molar-refractivity contribution >= 4 is 69.9 Å². The molecule has 3 heterocycles. The van der Waals surface area contributed by atoms with E-state index in [9.17, 15) is 39.0 Å². The average molecular weight is 846 g/mol. The summed E-state index contributed by atoms with van der Waals surface area (Å²) >= 11 is 3.45. The van der Waals surface area contributed by atoms with Crippen LogP contribution in [0.4, 0.5) is 10.5 Å². The molecule has 59 heavy (non-hydrogen) atoms. The molecule has 6 rings (SSSR count). The molecule has 7 N–H and O–H groups in total. The van der Waals surface area contributed by atoms with Gasteiger partial charge in [0.15, 0.2) is 5.43 Å². The van der Waals surface area contributed by atoms with Gasteiger partial charge >= 0.3 is 12.0 Å². The van der Waals surface area contributed by atoms with Crippen molar-refractivity contribution in [3.63, 3.8) is 0 Å². The number of carbonyl (C=O) groups is 5. The van der Waals surface area contributed by atoms with Gasteiger partial charge in [0, 0.05) is 71.3 Å². The number of phenols is 1. The van der Waals surface area contributed by atoms with Crippen LogP contribution in [0.3, 0.4) is 0 Å². The normalized spacial score (nSPS) is 17.0. The predicted octanol–water partition coefficient (Wildman–Crippen LogP) is 6.33. The summed E-state index contributed by atoms with van der Waals surface area (Å²) in [5.74, 6) is 0.944. The van der Waals surface area contributed by atoms with E-state index in [1.165, 1.54) is 30.3 Å². The summed E-state index contributed by atoms with van der Waals surface area (Å²) in [5, 5.41) is 35.9. The molecule has 14 nitrogen and oxygen atoms in total. The topological polar surface area (TPSA) is 216 Å². The zero-order chi connectivity index (χ0) is 41.7. The Morgan fingerprint density at radius 2 is 1.54 bits per heavy atom. The number of rotatable bonds is 22. The van der Waals surface area contributed by atoms with E-state index in [1.807, 2.05) is 11.8 Å². The summed E-state index contributed by atoms with van der Waals surface area (Å²) in [6, 6.07) is 13.8. The van der Waals surface area contributed by atoms with Crippen LogP contribution in [0, 0.1) is 0 Å². The molecule has 0 saturated carbocycles. The first-order valence-electron chi connectivity index (χ1n) is 20.2. The number of carboxylic acids is 1. The van der Waals surface area contributed by atoms with Crippen LogP contribution in [0.15, 0.2) is 63.8 Å². The van der Waals surface area contributed by atoms with Crippen LogP contribution in [0.25, 0.3) is 33.4 Å². The Morgan fingerprint density at radius 1 is 0.797 bits per heavy atom. The molecular weight excluding hydrogens is 795 g/mol. The number of benzene rings is 3. The first-order chi connectivity index (χ1) is 28.5. The lowest BCUT2D eigenvalue weighted by molar-refractivity contribution is -0.121. The van der Waals surface area contributed by atoms with Crippen molar-refractivity contribution in [3.05, 3.63) is 70.4 Å². The van der Waals surface area contributed by atoms with Crippen molar-refractivity contribution in [2.75, 3.05) is 35.7 Å². The second-order valence-electron chi connectivity index (χ2n) is 14.9. The molecule has 2 aromatic rings. The number of anilines is 1.